The Morgan fingerprint density at radius 3 is 1.21 bits per heavy atom. The Morgan fingerprint density at radius 2 is 1.21 bits per heavy atom. The molecule has 0 spiro atoms. The van der Waals surface area contributed by atoms with Gasteiger partial charge in [-0.1, -0.05) is 6.08 Å². The molecule has 146 valence electrons. The van der Waals surface area contributed by atoms with Gasteiger partial charge in [0.05, 0.1) is 5.88 Å². The summed E-state index contributed by atoms with van der Waals surface area (Å²) in [7, 11) is 0. The molecule has 0 saturated heterocycles. The van der Waals surface area contributed by atoms with Crippen molar-refractivity contribution < 1.29 is 45.1 Å². The van der Waals surface area contributed by atoms with Gasteiger partial charge in [0.2, 0.25) is 6.93 Å². The van der Waals surface area contributed by atoms with Gasteiger partial charge in [-0.3, -0.25) is 14.4 Å². The Morgan fingerprint density at radius 1 is 1.00 bits per heavy atom. The Hall–Kier alpha value is -1.45. The van der Waals surface area contributed by atoms with Crippen LogP contribution in [0.15, 0.2) is 12.2 Å². The molecule has 0 atom stereocenters. The molecule has 0 fully saturated rings. The highest BCUT2D eigenvalue weighted by atomic mass is 35.5. The first-order valence-electron chi connectivity index (χ1n) is 5.84. The van der Waals surface area contributed by atoms with Gasteiger partial charge in [-0.15, -0.1) is 11.6 Å². The molecule has 0 bridgehead atoms. The Kier molecular flexibility index (Phi) is 37.5. The Balaban J connectivity index is -0.0000000641. The van der Waals surface area contributed by atoms with E-state index in [4.69, 9.17) is 16.4 Å². The molecule has 0 amide bonds. The quantitative estimate of drug-likeness (QED) is 0.291. The molecule has 3 nitrogen and oxygen atoms in total. The summed E-state index contributed by atoms with van der Waals surface area (Å²) >= 11 is 4.99. The molecule has 0 N–H and O–H groups in total. The van der Waals surface area contributed by atoms with Crippen LogP contribution in [0.4, 0.5) is 30.7 Å². The number of allylic oxidation sites excluding steroid dienone is 2. The van der Waals surface area contributed by atoms with Gasteiger partial charge in [-0.05, 0) is 26.8 Å². The number of alkyl halides is 7. The van der Waals surface area contributed by atoms with Gasteiger partial charge in [0, 0.05) is 6.92 Å². The number of hydrogen-bond acceptors (Lipinski definition) is 3. The van der Waals surface area contributed by atoms with Crippen molar-refractivity contribution in [1.29, 1.82) is 0 Å². The molecule has 24 heavy (non-hydrogen) atoms. The second kappa shape index (κ2) is 26.4. The van der Waals surface area contributed by atoms with Gasteiger partial charge in [0.15, 0.2) is 12.5 Å². The smallest absolute Gasteiger partial charge is 0.299 e. The molecule has 0 radical (unpaired) electrons. The number of hydrogen-bond donors (Lipinski definition) is 0. The summed E-state index contributed by atoms with van der Waals surface area (Å²) in [4.78, 5) is 28.4. The van der Waals surface area contributed by atoms with Gasteiger partial charge in [0.25, 0.3) is 6.04 Å². The summed E-state index contributed by atoms with van der Waals surface area (Å²) in [6.45, 7) is 1.68. The molecule has 0 unspecified atom stereocenters. The van der Waals surface area contributed by atoms with E-state index < -0.39 is 25.8 Å². The fraction of sp³-hybridized carbons (Fsp3) is 0.615. The Labute approximate surface area is 140 Å². The van der Waals surface area contributed by atoms with Crippen LogP contribution < -0.4 is 0 Å². The van der Waals surface area contributed by atoms with E-state index >= 15 is 0 Å². The van der Waals surface area contributed by atoms with Gasteiger partial charge < -0.3 is 0 Å². The first-order chi connectivity index (χ1) is 10.7. The summed E-state index contributed by atoms with van der Waals surface area (Å²) in [5.74, 6) is 0.268. The predicted octanol–water partition coefficient (Wildman–Crippen LogP) is 4.87. The fourth-order valence-corrected chi connectivity index (χ4v) is 0.235. The van der Waals surface area contributed by atoms with Crippen LogP contribution in [0.2, 0.25) is 0 Å². The Bertz CT molecular complexity index is 328. The lowest BCUT2D eigenvalue weighted by molar-refractivity contribution is -0.142. The highest BCUT2D eigenvalue weighted by Gasteiger charge is 2.26. The number of Topliss-reactive ketones (excluding diaryl/α,β-unsaturated/α-hetero) is 1. The van der Waals surface area contributed by atoms with E-state index in [1.807, 2.05) is 6.92 Å². The van der Waals surface area contributed by atoms with E-state index in [-0.39, 0.29) is 17.4 Å². The largest absolute Gasteiger partial charge is 0.416 e. The minimum atomic E-state index is -4.62. The SMILES string of the molecule is CC(=O)CCl.CC(=O)F.CC=CC(C)=O.FCC(F)(F)F.FCF. The third kappa shape index (κ3) is 183. The summed E-state index contributed by atoms with van der Waals surface area (Å²) in [6.07, 6.45) is -1.37. The lowest BCUT2D eigenvalue weighted by Crippen LogP contribution is -2.08. The predicted molar refractivity (Wildman–Crippen MR) is 77.8 cm³/mol. The third-order valence-corrected chi connectivity index (χ3v) is 1.12. The molecule has 0 aliphatic rings. The van der Waals surface area contributed by atoms with Crippen molar-refractivity contribution >= 4 is 29.2 Å². The van der Waals surface area contributed by atoms with Gasteiger partial charge in [-0.2, -0.15) is 17.6 Å². The van der Waals surface area contributed by atoms with E-state index in [0.29, 0.717) is 0 Å². The molecule has 0 saturated carbocycles. The van der Waals surface area contributed by atoms with Crippen molar-refractivity contribution in [3.05, 3.63) is 12.2 Å². The van der Waals surface area contributed by atoms with Gasteiger partial charge in [0.1, 0.15) is 5.78 Å². The van der Waals surface area contributed by atoms with Crippen LogP contribution in [0.3, 0.4) is 0 Å². The number of carbonyl (C=O) groups excluding carboxylic acids is 3. The number of rotatable bonds is 2. The van der Waals surface area contributed by atoms with Crippen molar-refractivity contribution in [3.8, 4) is 0 Å². The van der Waals surface area contributed by atoms with Crippen molar-refractivity contribution in [3.63, 3.8) is 0 Å². The zero-order valence-electron chi connectivity index (χ0n) is 13.5. The van der Waals surface area contributed by atoms with Crippen molar-refractivity contribution in [2.45, 2.75) is 33.9 Å². The second-order valence-corrected chi connectivity index (χ2v) is 3.53. The molecule has 0 aromatic heterocycles. The summed E-state index contributed by atoms with van der Waals surface area (Å²) < 4.78 is 71.2. The monoisotopic (exact) mass is 392 g/mol. The van der Waals surface area contributed by atoms with Crippen LogP contribution in [-0.4, -0.2) is 43.3 Å². The van der Waals surface area contributed by atoms with E-state index in [1.165, 1.54) is 19.9 Å². The van der Waals surface area contributed by atoms with Crippen LogP contribution in [0, 0.1) is 0 Å². The molecule has 0 aromatic carbocycles. The second-order valence-electron chi connectivity index (χ2n) is 3.27. The van der Waals surface area contributed by atoms with E-state index in [0.717, 1.165) is 6.92 Å². The van der Waals surface area contributed by atoms with Crippen LogP contribution in [0.1, 0.15) is 27.7 Å². The molecule has 0 aliphatic carbocycles. The molecular weight excluding hydrogens is 373 g/mol. The summed E-state index contributed by atoms with van der Waals surface area (Å²) in [5, 5.41) is 0. The standard InChI is InChI=1S/C5H8O.C3H5ClO.C2H2F4.C2H3FO.CH2F2/c1-3-4-5(2)6;1-3(5)2-4;3-1-2(4,5)6;1-2(3)4;2-1-3/h3-4H,1-2H3;2H2,1H3;1H2;1H3;1H2. The fourth-order valence-electron chi connectivity index (χ4n) is 0.235. The maximum Gasteiger partial charge on any atom is 0.416 e. The van der Waals surface area contributed by atoms with Crippen molar-refractivity contribution in [2.75, 3.05) is 19.5 Å². The summed E-state index contributed by atoms with van der Waals surface area (Å²) in [5.41, 5.74) is 0. The zero-order valence-corrected chi connectivity index (χ0v) is 14.3. The van der Waals surface area contributed by atoms with Crippen LogP contribution in [0.25, 0.3) is 0 Å². The highest BCUT2D eigenvalue weighted by molar-refractivity contribution is 6.27. The van der Waals surface area contributed by atoms with Crippen LogP contribution in [-0.2, 0) is 14.4 Å². The number of ketones is 2. The van der Waals surface area contributed by atoms with Crippen molar-refractivity contribution in [1.82, 2.24) is 0 Å². The maximum atomic E-state index is 10.4. The third-order valence-electron chi connectivity index (χ3n) is 0.741. The molecule has 0 aliphatic heterocycles. The van der Waals surface area contributed by atoms with E-state index in [2.05, 4.69) is 0 Å². The lowest BCUT2D eigenvalue weighted by Gasteiger charge is -1.93. The average Bonchev–Trinajstić information content (AvgIpc) is 2.39. The van der Waals surface area contributed by atoms with E-state index in [1.54, 1.807) is 6.08 Å². The molecule has 0 rings (SSSR count). The van der Waals surface area contributed by atoms with Crippen molar-refractivity contribution in [2.24, 2.45) is 0 Å². The summed E-state index contributed by atoms with van der Waals surface area (Å²) in [6, 6.07) is -1.33. The number of halogens is 8. The molecule has 11 heteroatoms. The zero-order chi connectivity index (χ0) is 20.8. The van der Waals surface area contributed by atoms with Crippen LogP contribution in [0.5, 0.6) is 0 Å². The molecular formula is C13H20ClF7O3. The normalized spacial score (nSPS) is 8.83. The minimum Gasteiger partial charge on any atom is -0.299 e. The van der Waals surface area contributed by atoms with Crippen LogP contribution >= 0.6 is 11.6 Å². The molecule has 0 heterocycles. The van der Waals surface area contributed by atoms with E-state index in [9.17, 15) is 40.3 Å². The lowest BCUT2D eigenvalue weighted by atomic mass is 10.4. The maximum absolute atomic E-state index is 10.4. The molecule has 0 aromatic rings. The number of carbonyl (C=O) groups is 3. The minimum absolute atomic E-state index is 0.0201. The topological polar surface area (TPSA) is 51.2 Å². The van der Waals surface area contributed by atoms with Gasteiger partial charge >= 0.3 is 6.18 Å². The van der Waals surface area contributed by atoms with Gasteiger partial charge in [-0.25, -0.2) is 13.2 Å². The highest BCUT2D eigenvalue weighted by Crippen LogP contribution is 2.13. The average molecular weight is 393 g/mol. The first kappa shape index (κ1) is 34.0. The first-order valence-corrected chi connectivity index (χ1v) is 6.38.